The van der Waals surface area contributed by atoms with E-state index < -0.39 is 12.1 Å². The van der Waals surface area contributed by atoms with Gasteiger partial charge in [-0.2, -0.15) is 0 Å². The van der Waals surface area contributed by atoms with Crippen LogP contribution in [0.5, 0.6) is 0 Å². The molecule has 0 saturated carbocycles. The van der Waals surface area contributed by atoms with Crippen molar-refractivity contribution in [2.75, 3.05) is 0 Å². The van der Waals surface area contributed by atoms with Gasteiger partial charge in [0.05, 0.1) is 12.2 Å². The summed E-state index contributed by atoms with van der Waals surface area (Å²) in [4.78, 5) is 10.5. The maximum absolute atomic E-state index is 10.5. The van der Waals surface area contributed by atoms with E-state index in [0.717, 1.165) is 70.6 Å². The predicted octanol–water partition coefficient (Wildman–Crippen LogP) is 5.00. The summed E-state index contributed by atoms with van der Waals surface area (Å²) in [6, 6.07) is 0. The van der Waals surface area contributed by atoms with Crippen LogP contribution in [0.15, 0.2) is 23.3 Å². The molecule has 1 rings (SSSR count). The topological polar surface area (TPSA) is 77.8 Å². The van der Waals surface area contributed by atoms with E-state index in [9.17, 15) is 15.0 Å². The first-order valence-corrected chi connectivity index (χ1v) is 10.5. The van der Waals surface area contributed by atoms with E-state index in [1.54, 1.807) is 0 Å². The fourth-order valence-electron chi connectivity index (χ4n) is 3.83. The average Bonchev–Trinajstić information content (AvgIpc) is 2.91. The number of hydrogen-bond acceptors (Lipinski definition) is 3. The molecule has 0 bridgehead atoms. The van der Waals surface area contributed by atoms with Crippen molar-refractivity contribution >= 4 is 5.97 Å². The lowest BCUT2D eigenvalue weighted by atomic mass is 9.92. The molecular formula is C22H38O4. The Kier molecular flexibility index (Phi) is 11.5. The summed E-state index contributed by atoms with van der Waals surface area (Å²) in [5.41, 5.74) is 2.70. The normalized spacial score (nSPS) is 21.7. The van der Waals surface area contributed by atoms with Gasteiger partial charge in [-0.1, -0.05) is 69.2 Å². The van der Waals surface area contributed by atoms with Crippen LogP contribution in [-0.2, 0) is 4.79 Å². The number of carboxylic acids is 1. The first-order chi connectivity index (χ1) is 12.5. The van der Waals surface area contributed by atoms with E-state index in [1.165, 1.54) is 11.1 Å². The van der Waals surface area contributed by atoms with Crippen LogP contribution in [0.4, 0.5) is 0 Å². The number of aliphatic carboxylic acids is 1. The van der Waals surface area contributed by atoms with E-state index in [2.05, 4.69) is 13.8 Å². The van der Waals surface area contributed by atoms with Gasteiger partial charge in [0.2, 0.25) is 0 Å². The predicted molar refractivity (Wildman–Crippen MR) is 106 cm³/mol. The van der Waals surface area contributed by atoms with Gasteiger partial charge in [-0.25, -0.2) is 0 Å². The molecule has 3 N–H and O–H groups in total. The third-order valence-electron chi connectivity index (χ3n) is 5.38. The minimum atomic E-state index is -0.720. The smallest absolute Gasteiger partial charge is 0.303 e. The number of rotatable bonds is 14. The molecule has 1 aliphatic carbocycles. The Morgan fingerprint density at radius 3 is 2.54 bits per heavy atom. The molecule has 0 unspecified atom stereocenters. The Morgan fingerprint density at radius 1 is 1.15 bits per heavy atom. The molecule has 0 aromatic heterocycles. The zero-order valence-corrected chi connectivity index (χ0v) is 16.6. The minimum Gasteiger partial charge on any atom is -0.481 e. The summed E-state index contributed by atoms with van der Waals surface area (Å²) < 4.78 is 0. The maximum atomic E-state index is 10.5. The summed E-state index contributed by atoms with van der Waals surface area (Å²) in [5.74, 6) is -0.688. The molecule has 0 spiro atoms. The van der Waals surface area contributed by atoms with Gasteiger partial charge in [0.15, 0.2) is 0 Å². The van der Waals surface area contributed by atoms with Gasteiger partial charge in [-0.3, -0.25) is 4.79 Å². The van der Waals surface area contributed by atoms with Gasteiger partial charge in [0.25, 0.3) is 0 Å². The van der Waals surface area contributed by atoms with E-state index in [1.807, 2.05) is 12.2 Å². The Labute approximate surface area is 159 Å². The molecule has 0 aromatic carbocycles. The number of hydrogen-bond donors (Lipinski definition) is 3. The van der Waals surface area contributed by atoms with Gasteiger partial charge >= 0.3 is 5.97 Å². The van der Waals surface area contributed by atoms with Gasteiger partial charge < -0.3 is 15.3 Å². The molecule has 0 fully saturated rings. The number of carbonyl (C=O) groups is 1. The highest BCUT2D eigenvalue weighted by molar-refractivity contribution is 5.66. The largest absolute Gasteiger partial charge is 0.481 e. The first kappa shape index (κ1) is 22.9. The number of unbranched alkanes of at least 4 members (excludes halogenated alkanes) is 5. The van der Waals surface area contributed by atoms with E-state index in [-0.39, 0.29) is 18.4 Å². The summed E-state index contributed by atoms with van der Waals surface area (Å²) in [7, 11) is 0. The lowest BCUT2D eigenvalue weighted by molar-refractivity contribution is -0.137. The van der Waals surface area contributed by atoms with E-state index in [0.29, 0.717) is 0 Å². The van der Waals surface area contributed by atoms with Gasteiger partial charge in [-0.05, 0) is 38.5 Å². The molecule has 0 heterocycles. The molecule has 0 amide bonds. The van der Waals surface area contributed by atoms with E-state index >= 15 is 0 Å². The van der Waals surface area contributed by atoms with Crippen LogP contribution in [0.25, 0.3) is 0 Å². The second-order valence-corrected chi connectivity index (χ2v) is 7.54. The molecule has 26 heavy (non-hydrogen) atoms. The van der Waals surface area contributed by atoms with Crippen LogP contribution in [0.2, 0.25) is 0 Å². The van der Waals surface area contributed by atoms with Gasteiger partial charge in [-0.15, -0.1) is 0 Å². The van der Waals surface area contributed by atoms with Crippen molar-refractivity contribution in [3.8, 4) is 0 Å². The van der Waals surface area contributed by atoms with E-state index in [4.69, 9.17) is 5.11 Å². The molecule has 0 aliphatic heterocycles. The highest BCUT2D eigenvalue weighted by atomic mass is 16.4. The molecule has 0 saturated heterocycles. The molecule has 4 heteroatoms. The summed E-state index contributed by atoms with van der Waals surface area (Å²) in [6.07, 6.45) is 13.9. The second kappa shape index (κ2) is 13.1. The monoisotopic (exact) mass is 366 g/mol. The Hall–Kier alpha value is -1.13. The lowest BCUT2D eigenvalue weighted by Gasteiger charge is -2.16. The molecule has 3 atom stereocenters. The van der Waals surface area contributed by atoms with Gasteiger partial charge in [0.1, 0.15) is 0 Å². The second-order valence-electron chi connectivity index (χ2n) is 7.54. The molecule has 150 valence electrons. The van der Waals surface area contributed by atoms with Crippen molar-refractivity contribution in [3.63, 3.8) is 0 Å². The van der Waals surface area contributed by atoms with Crippen molar-refractivity contribution in [1.29, 1.82) is 0 Å². The molecule has 0 radical (unpaired) electrons. The van der Waals surface area contributed by atoms with Crippen LogP contribution >= 0.6 is 0 Å². The summed E-state index contributed by atoms with van der Waals surface area (Å²) in [5, 5.41) is 29.2. The molecular weight excluding hydrogens is 328 g/mol. The first-order valence-electron chi connectivity index (χ1n) is 10.5. The van der Waals surface area contributed by atoms with Crippen molar-refractivity contribution < 1.29 is 20.1 Å². The maximum Gasteiger partial charge on any atom is 0.303 e. The van der Waals surface area contributed by atoms with Crippen molar-refractivity contribution in [1.82, 2.24) is 0 Å². The third kappa shape index (κ3) is 8.50. The zero-order valence-electron chi connectivity index (χ0n) is 16.6. The molecule has 1 aliphatic rings. The lowest BCUT2D eigenvalue weighted by Crippen LogP contribution is -2.15. The minimum absolute atomic E-state index is 0.0322. The standard InChI is InChI=1S/C22H38O4/c1-3-5-8-11-18(23)14-15-20-19(17(4-2)16-21(20)24)12-9-6-7-10-13-22(25)26/h14-15,18,20-21,23-24H,3-13,16H2,1-2H3,(H,25,26)/b15-14+/t18-,20+,21+/m0/s1. The Morgan fingerprint density at radius 2 is 1.88 bits per heavy atom. The van der Waals surface area contributed by atoms with Crippen LogP contribution in [0, 0.1) is 5.92 Å². The highest BCUT2D eigenvalue weighted by Crippen LogP contribution is 2.38. The number of carboxylic acid groups (broad SMARTS) is 1. The quantitative estimate of drug-likeness (QED) is 0.299. The fraction of sp³-hybridized carbons (Fsp3) is 0.773. The fourth-order valence-corrected chi connectivity index (χ4v) is 3.83. The Balaban J connectivity index is 2.51. The van der Waals surface area contributed by atoms with Crippen molar-refractivity contribution in [2.24, 2.45) is 5.92 Å². The van der Waals surface area contributed by atoms with Crippen molar-refractivity contribution in [3.05, 3.63) is 23.3 Å². The van der Waals surface area contributed by atoms with Gasteiger partial charge in [0, 0.05) is 12.3 Å². The number of aliphatic hydroxyl groups is 2. The SMILES string of the molecule is CCCCC[C@H](O)/C=C/[C@@H]1C(CCCCCCC(=O)O)=C(CC)C[C@H]1O. The van der Waals surface area contributed by atoms with Crippen molar-refractivity contribution in [2.45, 2.75) is 103 Å². The summed E-state index contributed by atoms with van der Waals surface area (Å²) in [6.45, 7) is 4.29. The van der Waals surface area contributed by atoms with Crippen LogP contribution in [0.1, 0.15) is 90.9 Å². The Bertz CT molecular complexity index is 467. The third-order valence-corrected chi connectivity index (χ3v) is 5.38. The molecule has 0 aromatic rings. The number of aliphatic hydroxyl groups excluding tert-OH is 2. The van der Waals surface area contributed by atoms with Crippen LogP contribution in [-0.4, -0.2) is 33.5 Å². The van der Waals surface area contributed by atoms with Crippen LogP contribution in [0.3, 0.4) is 0 Å². The summed E-state index contributed by atoms with van der Waals surface area (Å²) >= 11 is 0. The molecule has 4 nitrogen and oxygen atoms in total. The van der Waals surface area contributed by atoms with Crippen LogP contribution < -0.4 is 0 Å². The average molecular weight is 367 g/mol. The highest BCUT2D eigenvalue weighted by Gasteiger charge is 2.30. The zero-order chi connectivity index (χ0) is 19.4.